The van der Waals surface area contributed by atoms with E-state index in [4.69, 9.17) is 0 Å². The standard InChI is InChI=1S/C31H28N2/c1-18-7-5-9-28-24(18)12-22-14-26-20(16-30(22)32(28)3)11-21-17-31-23(15-27(21)26)13-25-19(2)8-6-10-29(25)33(31)4/h5-10,14-17H,11-13H2,1-4H3. The first kappa shape index (κ1) is 19.0. The van der Waals surface area contributed by atoms with Crippen LogP contribution in [0.2, 0.25) is 0 Å². The molecule has 0 atom stereocenters. The van der Waals surface area contributed by atoms with E-state index in [1.807, 2.05) is 0 Å². The summed E-state index contributed by atoms with van der Waals surface area (Å²) < 4.78 is 0. The van der Waals surface area contributed by atoms with Gasteiger partial charge in [0.15, 0.2) is 0 Å². The zero-order chi connectivity index (χ0) is 22.4. The maximum Gasteiger partial charge on any atom is 0.0447 e. The van der Waals surface area contributed by atoms with E-state index in [1.165, 1.54) is 78.4 Å². The molecule has 0 radical (unpaired) electrons. The Balaban J connectivity index is 1.36. The van der Waals surface area contributed by atoms with Crippen molar-refractivity contribution in [2.45, 2.75) is 33.1 Å². The van der Waals surface area contributed by atoms with Crippen LogP contribution in [-0.2, 0) is 19.3 Å². The second-order valence-corrected chi connectivity index (χ2v) is 10.1. The van der Waals surface area contributed by atoms with Gasteiger partial charge >= 0.3 is 0 Å². The maximum atomic E-state index is 2.49. The molecule has 0 saturated heterocycles. The van der Waals surface area contributed by atoms with Crippen LogP contribution in [0, 0.1) is 13.8 Å². The van der Waals surface area contributed by atoms with Crippen LogP contribution in [0.1, 0.15) is 44.5 Å². The number of rotatable bonds is 0. The van der Waals surface area contributed by atoms with Crippen LogP contribution >= 0.6 is 0 Å². The van der Waals surface area contributed by atoms with E-state index in [-0.39, 0.29) is 0 Å². The highest BCUT2D eigenvalue weighted by Gasteiger charge is 2.29. The summed E-state index contributed by atoms with van der Waals surface area (Å²) in [6, 6.07) is 23.2. The minimum absolute atomic E-state index is 1.02. The molecule has 2 heteroatoms. The van der Waals surface area contributed by atoms with Crippen molar-refractivity contribution < 1.29 is 0 Å². The second-order valence-electron chi connectivity index (χ2n) is 10.1. The first-order valence-corrected chi connectivity index (χ1v) is 12.0. The summed E-state index contributed by atoms with van der Waals surface area (Å²) in [4.78, 5) is 4.78. The Hall–Kier alpha value is -3.52. The summed E-state index contributed by atoms with van der Waals surface area (Å²) >= 11 is 0. The lowest BCUT2D eigenvalue weighted by Gasteiger charge is -2.32. The van der Waals surface area contributed by atoms with Crippen LogP contribution in [0.5, 0.6) is 0 Å². The second kappa shape index (κ2) is 6.51. The van der Waals surface area contributed by atoms with Gasteiger partial charge in [-0.1, -0.05) is 24.3 Å². The number of hydrogen-bond donors (Lipinski definition) is 0. The molecule has 33 heavy (non-hydrogen) atoms. The fourth-order valence-corrected chi connectivity index (χ4v) is 6.36. The van der Waals surface area contributed by atoms with Gasteiger partial charge < -0.3 is 9.80 Å². The molecule has 4 aromatic rings. The molecular formula is C31H28N2. The number of anilines is 4. The summed E-state index contributed by atoms with van der Waals surface area (Å²) in [6.45, 7) is 4.48. The monoisotopic (exact) mass is 428 g/mol. The number of nitrogens with zero attached hydrogens (tertiary/aromatic N) is 2. The Morgan fingerprint density at radius 1 is 0.515 bits per heavy atom. The van der Waals surface area contributed by atoms with E-state index in [0.29, 0.717) is 0 Å². The van der Waals surface area contributed by atoms with Crippen molar-refractivity contribution in [3.63, 3.8) is 0 Å². The van der Waals surface area contributed by atoms with E-state index in [2.05, 4.69) is 98.4 Å². The first-order chi connectivity index (χ1) is 16.0. The minimum atomic E-state index is 1.02. The summed E-state index contributed by atoms with van der Waals surface area (Å²) in [7, 11) is 4.44. The molecule has 4 aromatic carbocycles. The number of hydrogen-bond acceptors (Lipinski definition) is 2. The lowest BCUT2D eigenvalue weighted by atomic mass is 9.88. The number of fused-ring (bicyclic) bond motifs is 7. The summed E-state index contributed by atoms with van der Waals surface area (Å²) in [5, 5.41) is 0. The van der Waals surface area contributed by atoms with Gasteiger partial charge in [0.1, 0.15) is 0 Å². The van der Waals surface area contributed by atoms with Crippen LogP contribution < -0.4 is 9.80 Å². The zero-order valence-electron chi connectivity index (χ0n) is 19.8. The quantitative estimate of drug-likeness (QED) is 0.257. The number of benzene rings is 4. The lowest BCUT2D eigenvalue weighted by molar-refractivity contribution is 1.03. The predicted molar refractivity (Wildman–Crippen MR) is 139 cm³/mol. The molecule has 0 amide bonds. The highest BCUT2D eigenvalue weighted by molar-refractivity contribution is 5.87. The molecule has 0 aromatic heterocycles. The van der Waals surface area contributed by atoms with E-state index in [0.717, 1.165) is 19.3 Å². The van der Waals surface area contributed by atoms with Gasteiger partial charge in [0.2, 0.25) is 0 Å². The smallest absolute Gasteiger partial charge is 0.0447 e. The molecule has 0 fully saturated rings. The lowest BCUT2D eigenvalue weighted by Crippen LogP contribution is -2.19. The number of aryl methyl sites for hydroxylation is 2. The predicted octanol–water partition coefficient (Wildman–Crippen LogP) is 7.22. The third kappa shape index (κ3) is 2.55. The molecule has 1 aliphatic carbocycles. The molecular weight excluding hydrogens is 400 g/mol. The Kier molecular flexibility index (Phi) is 3.75. The minimum Gasteiger partial charge on any atom is -0.344 e. The topological polar surface area (TPSA) is 6.48 Å². The van der Waals surface area contributed by atoms with Gasteiger partial charge in [-0.25, -0.2) is 0 Å². The van der Waals surface area contributed by atoms with Crippen molar-refractivity contribution in [3.8, 4) is 11.1 Å². The molecule has 3 aliphatic rings. The Labute approximate surface area is 196 Å². The fraction of sp³-hybridized carbons (Fsp3) is 0.226. The van der Waals surface area contributed by atoms with Crippen LogP contribution in [-0.4, -0.2) is 14.1 Å². The molecule has 2 nitrogen and oxygen atoms in total. The van der Waals surface area contributed by atoms with E-state index < -0.39 is 0 Å². The van der Waals surface area contributed by atoms with Gasteiger partial charge in [-0.05, 0) is 112 Å². The highest BCUT2D eigenvalue weighted by atomic mass is 15.1. The summed E-state index contributed by atoms with van der Waals surface area (Å²) in [6.07, 6.45) is 3.06. The van der Waals surface area contributed by atoms with Crippen LogP contribution in [0.15, 0.2) is 60.7 Å². The van der Waals surface area contributed by atoms with Gasteiger partial charge in [0.05, 0.1) is 0 Å². The SMILES string of the molecule is Cc1cccc2c1Cc1cc3c(cc1N2C)Cc1cc2c(cc1-3)Cc1c(C)cccc1N2C. The van der Waals surface area contributed by atoms with Crippen molar-refractivity contribution in [2.75, 3.05) is 23.9 Å². The van der Waals surface area contributed by atoms with Crippen molar-refractivity contribution in [3.05, 3.63) is 105 Å². The van der Waals surface area contributed by atoms with Gasteiger partial charge in [-0.3, -0.25) is 0 Å². The Bertz CT molecular complexity index is 1380. The van der Waals surface area contributed by atoms with Gasteiger partial charge in [0.25, 0.3) is 0 Å². The van der Waals surface area contributed by atoms with Crippen LogP contribution in [0.25, 0.3) is 11.1 Å². The summed E-state index contributed by atoms with van der Waals surface area (Å²) in [5.74, 6) is 0. The molecule has 0 spiro atoms. The molecule has 0 saturated carbocycles. The van der Waals surface area contributed by atoms with Gasteiger partial charge in [-0.15, -0.1) is 0 Å². The molecule has 162 valence electrons. The molecule has 7 rings (SSSR count). The van der Waals surface area contributed by atoms with Crippen LogP contribution in [0.4, 0.5) is 22.7 Å². The fourth-order valence-electron chi connectivity index (χ4n) is 6.36. The van der Waals surface area contributed by atoms with E-state index in [9.17, 15) is 0 Å². The van der Waals surface area contributed by atoms with Crippen molar-refractivity contribution in [2.24, 2.45) is 0 Å². The molecule has 2 heterocycles. The first-order valence-electron chi connectivity index (χ1n) is 12.0. The van der Waals surface area contributed by atoms with E-state index in [1.54, 1.807) is 0 Å². The Morgan fingerprint density at radius 3 is 1.42 bits per heavy atom. The van der Waals surface area contributed by atoms with Gasteiger partial charge in [0, 0.05) is 49.7 Å². The molecule has 2 aliphatic heterocycles. The zero-order valence-corrected chi connectivity index (χ0v) is 19.8. The van der Waals surface area contributed by atoms with Crippen molar-refractivity contribution in [1.82, 2.24) is 0 Å². The molecule has 0 N–H and O–H groups in total. The third-order valence-corrected chi connectivity index (χ3v) is 8.23. The van der Waals surface area contributed by atoms with Crippen LogP contribution in [0.3, 0.4) is 0 Å². The Morgan fingerprint density at radius 2 is 0.970 bits per heavy atom. The molecule has 0 bridgehead atoms. The average Bonchev–Trinajstić information content (AvgIpc) is 3.15. The largest absolute Gasteiger partial charge is 0.344 e. The van der Waals surface area contributed by atoms with E-state index >= 15 is 0 Å². The summed E-state index contributed by atoms with van der Waals surface area (Å²) in [5.41, 5.74) is 19.8. The van der Waals surface area contributed by atoms with Crippen molar-refractivity contribution in [1.29, 1.82) is 0 Å². The third-order valence-electron chi connectivity index (χ3n) is 8.23. The van der Waals surface area contributed by atoms with Crippen molar-refractivity contribution >= 4 is 22.7 Å². The van der Waals surface area contributed by atoms with Gasteiger partial charge in [-0.2, -0.15) is 0 Å². The highest BCUT2D eigenvalue weighted by Crippen LogP contribution is 2.48. The average molecular weight is 429 g/mol. The maximum absolute atomic E-state index is 2.49. The molecule has 0 unspecified atom stereocenters. The normalized spacial score (nSPS) is 14.8.